The van der Waals surface area contributed by atoms with Gasteiger partial charge >= 0.3 is 0 Å². The fraction of sp³-hybridized carbons (Fsp3) is 0.571. The molecule has 0 radical (unpaired) electrons. The van der Waals surface area contributed by atoms with Crippen molar-refractivity contribution in [1.29, 1.82) is 0 Å². The molecular weight excluding hydrogens is 220 g/mol. The lowest BCUT2D eigenvalue weighted by Crippen LogP contribution is -2.13. The second-order valence-corrected chi connectivity index (χ2v) is 5.34. The molecule has 0 saturated carbocycles. The van der Waals surface area contributed by atoms with Gasteiger partial charge in [-0.2, -0.15) is 0 Å². The quantitative estimate of drug-likeness (QED) is 0.854. The van der Waals surface area contributed by atoms with E-state index >= 15 is 0 Å². The van der Waals surface area contributed by atoms with E-state index in [1.54, 1.807) is 6.07 Å². The Morgan fingerprint density at radius 1 is 1.41 bits per heavy atom. The van der Waals surface area contributed by atoms with Crippen LogP contribution in [0.5, 0.6) is 0 Å². The largest absolute Gasteiger partial charge is 0.316 e. The van der Waals surface area contributed by atoms with Gasteiger partial charge in [-0.15, -0.1) is 0 Å². The molecular formula is C14H19F2N. The van der Waals surface area contributed by atoms with Gasteiger partial charge in [0.2, 0.25) is 0 Å². The molecule has 1 nitrogen and oxygen atoms in total. The third-order valence-electron chi connectivity index (χ3n) is 3.40. The van der Waals surface area contributed by atoms with E-state index in [1.807, 2.05) is 0 Å². The number of hydrogen-bond acceptors (Lipinski definition) is 1. The van der Waals surface area contributed by atoms with E-state index in [4.69, 9.17) is 0 Å². The van der Waals surface area contributed by atoms with Crippen LogP contribution in [0.3, 0.4) is 0 Å². The molecule has 1 fully saturated rings. The van der Waals surface area contributed by atoms with Gasteiger partial charge in [0.15, 0.2) is 0 Å². The fourth-order valence-corrected chi connectivity index (χ4v) is 2.30. The maximum absolute atomic E-state index is 13.8. The number of rotatable bonds is 3. The number of hydrogen-bond donors (Lipinski definition) is 1. The molecule has 1 aliphatic heterocycles. The van der Waals surface area contributed by atoms with Gasteiger partial charge in [-0.1, -0.05) is 6.07 Å². The fourth-order valence-electron chi connectivity index (χ4n) is 2.30. The average Bonchev–Trinajstić information content (AvgIpc) is 2.72. The maximum Gasteiger partial charge on any atom is 0.130 e. The average molecular weight is 239 g/mol. The molecule has 1 heterocycles. The van der Waals surface area contributed by atoms with Gasteiger partial charge in [-0.3, -0.25) is 0 Å². The van der Waals surface area contributed by atoms with Crippen molar-refractivity contribution in [3.05, 3.63) is 35.1 Å². The first-order valence-electron chi connectivity index (χ1n) is 6.15. The Morgan fingerprint density at radius 3 is 2.76 bits per heavy atom. The van der Waals surface area contributed by atoms with Gasteiger partial charge in [0.05, 0.1) is 0 Å². The van der Waals surface area contributed by atoms with Crippen molar-refractivity contribution in [3.63, 3.8) is 0 Å². The van der Waals surface area contributed by atoms with Crippen molar-refractivity contribution in [2.45, 2.75) is 32.4 Å². The number of benzene rings is 1. The topological polar surface area (TPSA) is 12.0 Å². The van der Waals surface area contributed by atoms with Gasteiger partial charge < -0.3 is 5.32 Å². The molecule has 1 unspecified atom stereocenters. The Morgan fingerprint density at radius 2 is 2.18 bits per heavy atom. The zero-order valence-electron chi connectivity index (χ0n) is 10.4. The predicted molar refractivity (Wildman–Crippen MR) is 65.2 cm³/mol. The zero-order valence-corrected chi connectivity index (χ0v) is 10.4. The molecule has 1 aromatic carbocycles. The van der Waals surface area contributed by atoms with Crippen LogP contribution in [-0.4, -0.2) is 13.1 Å². The van der Waals surface area contributed by atoms with E-state index in [9.17, 15) is 8.78 Å². The monoisotopic (exact) mass is 239 g/mol. The Bertz CT molecular complexity index is 390. The van der Waals surface area contributed by atoms with E-state index in [0.29, 0.717) is 23.5 Å². The summed E-state index contributed by atoms with van der Waals surface area (Å²) in [6.07, 6.45) is 1.77. The number of alkyl halides is 1. The van der Waals surface area contributed by atoms with E-state index < -0.39 is 5.67 Å². The van der Waals surface area contributed by atoms with E-state index in [-0.39, 0.29) is 5.82 Å². The SMILES string of the molecule is CC(C)(F)c1ccc(F)c(CC2CCNC2)c1. The normalized spacial score (nSPS) is 20.8. The summed E-state index contributed by atoms with van der Waals surface area (Å²) in [7, 11) is 0. The second kappa shape index (κ2) is 4.73. The summed E-state index contributed by atoms with van der Waals surface area (Å²) in [4.78, 5) is 0. The molecule has 0 aliphatic carbocycles. The van der Waals surface area contributed by atoms with Crippen molar-refractivity contribution < 1.29 is 8.78 Å². The van der Waals surface area contributed by atoms with Crippen molar-refractivity contribution in [2.24, 2.45) is 5.92 Å². The second-order valence-electron chi connectivity index (χ2n) is 5.34. The minimum absolute atomic E-state index is 0.218. The summed E-state index contributed by atoms with van der Waals surface area (Å²) in [5.41, 5.74) is -0.210. The van der Waals surface area contributed by atoms with Gasteiger partial charge in [0.25, 0.3) is 0 Å². The summed E-state index contributed by atoms with van der Waals surface area (Å²) in [5, 5.41) is 3.26. The lowest BCUT2D eigenvalue weighted by molar-refractivity contribution is 0.221. The van der Waals surface area contributed by atoms with Gasteiger partial charge in [0.1, 0.15) is 11.5 Å². The third kappa shape index (κ3) is 3.03. The molecule has 94 valence electrons. The molecule has 1 saturated heterocycles. The highest BCUT2D eigenvalue weighted by Crippen LogP contribution is 2.27. The molecule has 1 aromatic rings. The van der Waals surface area contributed by atoms with Crippen molar-refractivity contribution in [2.75, 3.05) is 13.1 Å². The van der Waals surface area contributed by atoms with Gasteiger partial charge in [0, 0.05) is 0 Å². The van der Waals surface area contributed by atoms with Crippen LogP contribution >= 0.6 is 0 Å². The standard InChI is InChI=1S/C14H19F2N/c1-14(2,16)12-3-4-13(15)11(8-12)7-10-5-6-17-9-10/h3-4,8,10,17H,5-7,9H2,1-2H3. The molecule has 0 bridgehead atoms. The van der Waals surface area contributed by atoms with E-state index in [2.05, 4.69) is 5.32 Å². The predicted octanol–water partition coefficient (Wildman–Crippen LogP) is 3.18. The summed E-state index contributed by atoms with van der Waals surface area (Å²) in [6, 6.07) is 4.59. The molecule has 2 rings (SSSR count). The first-order chi connectivity index (χ1) is 7.97. The van der Waals surface area contributed by atoms with Gasteiger partial charge in [-0.25, -0.2) is 8.78 Å². The van der Waals surface area contributed by atoms with Crippen LogP contribution in [0.15, 0.2) is 18.2 Å². The van der Waals surface area contributed by atoms with Crippen LogP contribution in [0, 0.1) is 11.7 Å². The molecule has 3 heteroatoms. The Labute approximate surface area is 101 Å². The highest BCUT2D eigenvalue weighted by atomic mass is 19.1. The Hall–Kier alpha value is -0.960. The molecule has 0 aromatic heterocycles. The summed E-state index contributed by atoms with van der Waals surface area (Å²) < 4.78 is 27.5. The smallest absolute Gasteiger partial charge is 0.130 e. The lowest BCUT2D eigenvalue weighted by Gasteiger charge is -2.17. The van der Waals surface area contributed by atoms with Crippen LogP contribution in [0.4, 0.5) is 8.78 Å². The van der Waals surface area contributed by atoms with Crippen LogP contribution in [0.1, 0.15) is 31.4 Å². The molecule has 1 atom stereocenters. The summed E-state index contributed by atoms with van der Waals surface area (Å²) in [5.74, 6) is 0.257. The molecule has 0 spiro atoms. The first-order valence-corrected chi connectivity index (χ1v) is 6.15. The Kier molecular flexibility index (Phi) is 3.48. The highest BCUT2D eigenvalue weighted by Gasteiger charge is 2.22. The van der Waals surface area contributed by atoms with Crippen LogP contribution < -0.4 is 5.32 Å². The number of halogens is 2. The first kappa shape index (κ1) is 12.5. The maximum atomic E-state index is 13.8. The van der Waals surface area contributed by atoms with Crippen LogP contribution in [-0.2, 0) is 12.1 Å². The van der Waals surface area contributed by atoms with Gasteiger partial charge in [-0.05, 0) is 69.0 Å². The number of nitrogens with one attached hydrogen (secondary N) is 1. The van der Waals surface area contributed by atoms with Crippen LogP contribution in [0.25, 0.3) is 0 Å². The lowest BCUT2D eigenvalue weighted by atomic mass is 9.93. The minimum atomic E-state index is -1.41. The minimum Gasteiger partial charge on any atom is -0.316 e. The molecule has 1 aliphatic rings. The summed E-state index contributed by atoms with van der Waals surface area (Å²) >= 11 is 0. The highest BCUT2D eigenvalue weighted by molar-refractivity contribution is 5.29. The Balaban J connectivity index is 2.20. The molecule has 17 heavy (non-hydrogen) atoms. The zero-order chi connectivity index (χ0) is 12.5. The van der Waals surface area contributed by atoms with E-state index in [0.717, 1.165) is 19.5 Å². The van der Waals surface area contributed by atoms with Crippen molar-refractivity contribution in [1.82, 2.24) is 5.32 Å². The summed E-state index contributed by atoms with van der Waals surface area (Å²) in [6.45, 7) is 4.94. The van der Waals surface area contributed by atoms with Crippen LogP contribution in [0.2, 0.25) is 0 Å². The third-order valence-corrected chi connectivity index (χ3v) is 3.40. The van der Waals surface area contributed by atoms with Crippen molar-refractivity contribution >= 4 is 0 Å². The van der Waals surface area contributed by atoms with E-state index in [1.165, 1.54) is 26.0 Å². The molecule has 0 amide bonds. The molecule has 1 N–H and O–H groups in total. The van der Waals surface area contributed by atoms with Crippen molar-refractivity contribution in [3.8, 4) is 0 Å².